The lowest BCUT2D eigenvalue weighted by atomic mass is 9.79. The van der Waals surface area contributed by atoms with Gasteiger partial charge in [-0.2, -0.15) is 0 Å². The third kappa shape index (κ3) is 3.29. The average molecular weight is 370 g/mol. The molecule has 2 aliphatic rings. The van der Waals surface area contributed by atoms with Gasteiger partial charge in [0.05, 0.1) is 11.4 Å². The van der Waals surface area contributed by atoms with Crippen molar-refractivity contribution in [1.82, 2.24) is 4.98 Å². The molecule has 2 aromatic carbocycles. The Hall–Kier alpha value is -3.07. The minimum absolute atomic E-state index is 0.364. The van der Waals surface area contributed by atoms with Crippen LogP contribution in [-0.4, -0.2) is 10.7 Å². The van der Waals surface area contributed by atoms with E-state index in [1.54, 1.807) is 0 Å². The van der Waals surface area contributed by atoms with Crippen LogP contribution in [0.5, 0.6) is 0 Å². The third-order valence-electron chi connectivity index (χ3n) is 5.37. The van der Waals surface area contributed by atoms with Gasteiger partial charge in [-0.3, -0.25) is 4.99 Å². The van der Waals surface area contributed by atoms with Gasteiger partial charge in [0.1, 0.15) is 0 Å². The molecule has 0 saturated heterocycles. The number of nitrogens with zero attached hydrogens (tertiary/aromatic N) is 1. The van der Waals surface area contributed by atoms with E-state index in [9.17, 15) is 0 Å². The summed E-state index contributed by atoms with van der Waals surface area (Å²) < 4.78 is 0. The molecular formula is C25H27N3. The zero-order valence-corrected chi connectivity index (χ0v) is 16.7. The lowest BCUT2D eigenvalue weighted by Crippen LogP contribution is -2.26. The lowest BCUT2D eigenvalue weighted by molar-refractivity contribution is 0.597. The summed E-state index contributed by atoms with van der Waals surface area (Å²) in [7, 11) is 0. The molecule has 0 bridgehead atoms. The van der Waals surface area contributed by atoms with Gasteiger partial charge >= 0.3 is 0 Å². The van der Waals surface area contributed by atoms with E-state index in [4.69, 9.17) is 4.99 Å². The molecule has 0 radical (unpaired) electrons. The van der Waals surface area contributed by atoms with Gasteiger partial charge in [0.25, 0.3) is 0 Å². The molecule has 0 amide bonds. The number of allylic oxidation sites excluding steroid dienone is 3. The lowest BCUT2D eigenvalue weighted by Gasteiger charge is -2.28. The van der Waals surface area contributed by atoms with Crippen molar-refractivity contribution in [2.45, 2.75) is 27.2 Å². The Balaban J connectivity index is 0.000000932. The second kappa shape index (κ2) is 7.89. The van der Waals surface area contributed by atoms with Gasteiger partial charge in [-0.05, 0) is 41.0 Å². The fourth-order valence-electron chi connectivity index (χ4n) is 4.14. The molecule has 2 heterocycles. The van der Waals surface area contributed by atoms with Crippen molar-refractivity contribution in [3.63, 3.8) is 0 Å². The monoisotopic (exact) mass is 369 g/mol. The molecule has 3 nitrogen and oxygen atoms in total. The Morgan fingerprint density at radius 2 is 1.86 bits per heavy atom. The van der Waals surface area contributed by atoms with Crippen molar-refractivity contribution in [1.29, 1.82) is 0 Å². The molecule has 28 heavy (non-hydrogen) atoms. The zero-order valence-electron chi connectivity index (χ0n) is 16.7. The molecule has 2 unspecified atom stereocenters. The quantitative estimate of drug-likeness (QED) is 0.533. The molecule has 1 aliphatic heterocycles. The number of aromatic nitrogens is 1. The number of aliphatic imine (C=N–C) groups is 1. The number of H-pyrrole nitrogens is 1. The van der Waals surface area contributed by atoms with Crippen LogP contribution < -0.4 is 5.32 Å². The molecule has 3 heteroatoms. The molecule has 0 fully saturated rings. The van der Waals surface area contributed by atoms with Gasteiger partial charge in [0.2, 0.25) is 0 Å². The summed E-state index contributed by atoms with van der Waals surface area (Å²) in [6.07, 6.45) is 9.51. The summed E-state index contributed by atoms with van der Waals surface area (Å²) in [5.74, 6) is 0.875. The van der Waals surface area contributed by atoms with Gasteiger partial charge in [-0.1, -0.05) is 63.2 Å². The molecule has 0 spiro atoms. The van der Waals surface area contributed by atoms with Crippen LogP contribution in [0.4, 0.5) is 5.69 Å². The maximum atomic E-state index is 4.80. The summed E-state index contributed by atoms with van der Waals surface area (Å²) in [6.45, 7) is 6.29. The summed E-state index contributed by atoms with van der Waals surface area (Å²) in [4.78, 5) is 7.96. The molecule has 5 rings (SSSR count). The first kappa shape index (κ1) is 18.3. The van der Waals surface area contributed by atoms with E-state index >= 15 is 0 Å². The number of nitrogens with one attached hydrogen (secondary N) is 2. The fraction of sp³-hybridized carbons (Fsp3) is 0.240. The predicted octanol–water partition coefficient (Wildman–Crippen LogP) is 6.64. The van der Waals surface area contributed by atoms with Crippen LogP contribution in [0, 0.1) is 11.8 Å². The topological polar surface area (TPSA) is 40.2 Å². The van der Waals surface area contributed by atoms with Crippen LogP contribution in [0.25, 0.3) is 16.3 Å². The number of rotatable bonds is 3. The summed E-state index contributed by atoms with van der Waals surface area (Å²) >= 11 is 0. The second-order valence-electron chi connectivity index (χ2n) is 7.20. The van der Waals surface area contributed by atoms with E-state index in [1.807, 2.05) is 26.2 Å². The zero-order chi connectivity index (χ0) is 19.5. The molecule has 142 valence electrons. The molecule has 2 atom stereocenters. The van der Waals surface area contributed by atoms with Crippen molar-refractivity contribution in [3.8, 4) is 0 Å². The van der Waals surface area contributed by atoms with Crippen molar-refractivity contribution < 1.29 is 0 Å². The summed E-state index contributed by atoms with van der Waals surface area (Å²) in [6, 6.07) is 17.0. The first-order valence-corrected chi connectivity index (χ1v) is 10.2. The average Bonchev–Trinajstić information content (AvgIpc) is 3.39. The fourth-order valence-corrected chi connectivity index (χ4v) is 4.14. The highest BCUT2D eigenvalue weighted by molar-refractivity contribution is 6.14. The number of fused-ring (bicyclic) bond motifs is 2. The van der Waals surface area contributed by atoms with Crippen LogP contribution in [0.2, 0.25) is 0 Å². The molecule has 0 saturated carbocycles. The molecule has 1 aromatic heterocycles. The third-order valence-corrected chi connectivity index (χ3v) is 5.37. The molecule has 1 aliphatic carbocycles. The first-order valence-electron chi connectivity index (χ1n) is 10.2. The van der Waals surface area contributed by atoms with Gasteiger partial charge in [-0.15, -0.1) is 0 Å². The van der Waals surface area contributed by atoms with Crippen molar-refractivity contribution in [2.75, 3.05) is 5.32 Å². The maximum Gasteiger partial charge on any atom is 0.0710 e. The Morgan fingerprint density at radius 3 is 2.68 bits per heavy atom. The maximum absolute atomic E-state index is 4.80. The number of anilines is 1. The Labute approximate surface area is 166 Å². The number of benzene rings is 2. The largest absolute Gasteiger partial charge is 0.367 e. The molecule has 3 aromatic rings. The predicted molar refractivity (Wildman–Crippen MR) is 120 cm³/mol. The second-order valence-corrected chi connectivity index (χ2v) is 7.20. The van der Waals surface area contributed by atoms with Gasteiger partial charge in [-0.25, -0.2) is 0 Å². The Morgan fingerprint density at radius 1 is 1.04 bits per heavy atom. The van der Waals surface area contributed by atoms with E-state index in [0.29, 0.717) is 11.8 Å². The highest BCUT2D eigenvalue weighted by Crippen LogP contribution is 2.40. The first-order chi connectivity index (χ1) is 13.8. The van der Waals surface area contributed by atoms with Crippen molar-refractivity contribution in [3.05, 3.63) is 84.5 Å². The minimum Gasteiger partial charge on any atom is -0.367 e. The van der Waals surface area contributed by atoms with Crippen LogP contribution in [-0.2, 0) is 0 Å². The van der Waals surface area contributed by atoms with Crippen LogP contribution in [0.3, 0.4) is 0 Å². The number of hydrogen-bond acceptors (Lipinski definition) is 2. The van der Waals surface area contributed by atoms with E-state index in [0.717, 1.165) is 23.5 Å². The highest BCUT2D eigenvalue weighted by Gasteiger charge is 2.33. The van der Waals surface area contributed by atoms with Crippen molar-refractivity contribution in [2.24, 2.45) is 16.8 Å². The SMILES string of the molecule is CC.CC1C=C(Nc2cccc3ccccc23)C2=NC=C(c3cc[nH]c3)C2C1. The highest BCUT2D eigenvalue weighted by atomic mass is 14.9. The van der Waals surface area contributed by atoms with E-state index in [1.165, 1.54) is 21.9 Å². The Bertz CT molecular complexity index is 1050. The van der Waals surface area contributed by atoms with Crippen LogP contribution in [0.15, 0.2) is 83.9 Å². The van der Waals surface area contributed by atoms with E-state index < -0.39 is 0 Å². The minimum atomic E-state index is 0.364. The Kier molecular flexibility index (Phi) is 5.16. The smallest absolute Gasteiger partial charge is 0.0710 e. The van der Waals surface area contributed by atoms with Crippen LogP contribution >= 0.6 is 0 Å². The standard InChI is InChI=1S/C23H21N3.C2H6/c1-15-11-19-20(17-9-10-24-13-17)14-25-23(19)22(12-15)26-21-8-4-6-16-5-2-3-7-18(16)21;1-2/h2-10,12-15,19,24,26H,11H2,1H3;1-2H3. The number of hydrogen-bond donors (Lipinski definition) is 2. The molecule has 2 N–H and O–H groups in total. The molecular weight excluding hydrogens is 342 g/mol. The van der Waals surface area contributed by atoms with Gasteiger partial charge < -0.3 is 10.3 Å². The van der Waals surface area contributed by atoms with Crippen molar-refractivity contribution >= 4 is 27.7 Å². The van der Waals surface area contributed by atoms with E-state index in [2.05, 4.69) is 78.0 Å². The van der Waals surface area contributed by atoms with Gasteiger partial charge in [0.15, 0.2) is 0 Å². The van der Waals surface area contributed by atoms with Gasteiger partial charge in [0, 0.05) is 35.6 Å². The normalized spacial score (nSPS) is 20.5. The van der Waals surface area contributed by atoms with E-state index in [-0.39, 0.29) is 0 Å². The summed E-state index contributed by atoms with van der Waals surface area (Å²) in [5, 5.41) is 6.17. The summed E-state index contributed by atoms with van der Waals surface area (Å²) in [5.41, 5.74) is 6.00. The number of aromatic amines is 1. The van der Waals surface area contributed by atoms with Crippen LogP contribution in [0.1, 0.15) is 32.8 Å².